The highest BCUT2D eigenvalue weighted by Crippen LogP contribution is 2.13. The Morgan fingerprint density at radius 2 is 2.06 bits per heavy atom. The van der Waals surface area contributed by atoms with Crippen LogP contribution in [-0.2, 0) is 0 Å². The van der Waals surface area contributed by atoms with E-state index in [1.807, 2.05) is 6.07 Å². The fourth-order valence-electron chi connectivity index (χ4n) is 1.29. The lowest BCUT2D eigenvalue weighted by Crippen LogP contribution is -2.22. The first kappa shape index (κ1) is 11.2. The Bertz CT molecular complexity index is 492. The van der Waals surface area contributed by atoms with Crippen LogP contribution in [0.25, 0.3) is 5.65 Å². The highest BCUT2D eigenvalue weighted by molar-refractivity contribution is 6.30. The molecule has 2 heterocycles. The highest BCUT2D eigenvalue weighted by atomic mass is 35.5. The Morgan fingerprint density at radius 1 is 1.31 bits per heavy atom. The number of hydrogen-bond donors (Lipinski definition) is 1. The number of fused-ring (bicyclic) bond motifs is 1. The standard InChI is InChI=1S/C11H15ClN4/c1-7(2)8(3)13-11-14-10-5-4-9(12)6-16(10)15-11/h4-8H,1-3H3,(H,13,15). The molecule has 86 valence electrons. The number of nitrogens with one attached hydrogen (secondary N) is 1. The number of hydrogen-bond acceptors (Lipinski definition) is 3. The van der Waals surface area contributed by atoms with Crippen LogP contribution in [-0.4, -0.2) is 20.6 Å². The van der Waals surface area contributed by atoms with E-state index in [0.717, 1.165) is 5.65 Å². The van der Waals surface area contributed by atoms with Crippen molar-refractivity contribution in [3.63, 3.8) is 0 Å². The Morgan fingerprint density at radius 3 is 2.75 bits per heavy atom. The topological polar surface area (TPSA) is 42.2 Å². The number of pyridine rings is 1. The van der Waals surface area contributed by atoms with Gasteiger partial charge in [-0.15, -0.1) is 5.10 Å². The third-order valence-corrected chi connectivity index (χ3v) is 2.88. The second kappa shape index (κ2) is 4.29. The second-order valence-corrected chi connectivity index (χ2v) is 4.70. The Balaban J connectivity index is 2.26. The minimum absolute atomic E-state index is 0.341. The molecule has 0 aliphatic carbocycles. The van der Waals surface area contributed by atoms with Gasteiger partial charge in [-0.05, 0) is 25.0 Å². The van der Waals surface area contributed by atoms with Crippen molar-refractivity contribution in [1.29, 1.82) is 0 Å². The molecule has 0 aromatic carbocycles. The molecule has 1 unspecified atom stereocenters. The van der Waals surface area contributed by atoms with Gasteiger partial charge in [0.1, 0.15) is 0 Å². The zero-order valence-corrected chi connectivity index (χ0v) is 10.4. The van der Waals surface area contributed by atoms with Crippen molar-refractivity contribution in [2.45, 2.75) is 26.8 Å². The maximum atomic E-state index is 5.88. The summed E-state index contributed by atoms with van der Waals surface area (Å²) in [5.74, 6) is 1.18. The van der Waals surface area contributed by atoms with Gasteiger partial charge in [0, 0.05) is 12.2 Å². The summed E-state index contributed by atoms with van der Waals surface area (Å²) in [5.41, 5.74) is 0.794. The third kappa shape index (κ3) is 2.27. The van der Waals surface area contributed by atoms with Crippen LogP contribution in [0.3, 0.4) is 0 Å². The molecule has 5 heteroatoms. The van der Waals surface area contributed by atoms with Crippen LogP contribution in [0.5, 0.6) is 0 Å². The first-order chi connectivity index (χ1) is 7.56. The summed E-state index contributed by atoms with van der Waals surface area (Å²) in [4.78, 5) is 4.36. The van der Waals surface area contributed by atoms with E-state index in [0.29, 0.717) is 22.9 Å². The monoisotopic (exact) mass is 238 g/mol. The van der Waals surface area contributed by atoms with Gasteiger partial charge in [0.05, 0.1) is 5.02 Å². The number of anilines is 1. The summed E-state index contributed by atoms with van der Waals surface area (Å²) in [5, 5.41) is 8.22. The Kier molecular flexibility index (Phi) is 3.01. The quantitative estimate of drug-likeness (QED) is 0.894. The number of nitrogens with zero attached hydrogens (tertiary/aromatic N) is 3. The molecular weight excluding hydrogens is 224 g/mol. The third-order valence-electron chi connectivity index (χ3n) is 2.65. The smallest absolute Gasteiger partial charge is 0.243 e. The largest absolute Gasteiger partial charge is 0.350 e. The minimum atomic E-state index is 0.341. The molecule has 0 spiro atoms. The predicted octanol–water partition coefficient (Wildman–Crippen LogP) is 2.84. The summed E-state index contributed by atoms with van der Waals surface area (Å²) in [6.45, 7) is 6.43. The molecule has 4 nitrogen and oxygen atoms in total. The van der Waals surface area contributed by atoms with E-state index < -0.39 is 0 Å². The van der Waals surface area contributed by atoms with Crippen LogP contribution in [0.4, 0.5) is 5.95 Å². The van der Waals surface area contributed by atoms with Gasteiger partial charge in [-0.3, -0.25) is 0 Å². The molecule has 0 amide bonds. The van der Waals surface area contributed by atoms with Crippen molar-refractivity contribution in [2.24, 2.45) is 5.92 Å². The van der Waals surface area contributed by atoms with Gasteiger partial charge in [-0.25, -0.2) is 4.52 Å². The van der Waals surface area contributed by atoms with Crippen molar-refractivity contribution in [3.05, 3.63) is 23.4 Å². The molecule has 0 radical (unpaired) electrons. The van der Waals surface area contributed by atoms with E-state index >= 15 is 0 Å². The Hall–Kier alpha value is -1.29. The maximum Gasteiger partial charge on any atom is 0.243 e. The fourth-order valence-corrected chi connectivity index (χ4v) is 1.44. The molecule has 2 aromatic rings. The summed E-state index contributed by atoms with van der Waals surface area (Å²) >= 11 is 5.88. The summed E-state index contributed by atoms with van der Waals surface area (Å²) in [6.07, 6.45) is 1.75. The highest BCUT2D eigenvalue weighted by Gasteiger charge is 2.10. The first-order valence-corrected chi connectivity index (χ1v) is 5.72. The van der Waals surface area contributed by atoms with Gasteiger partial charge in [-0.2, -0.15) is 4.98 Å². The van der Waals surface area contributed by atoms with Gasteiger partial charge in [0.15, 0.2) is 5.65 Å². The lowest BCUT2D eigenvalue weighted by Gasteiger charge is -2.15. The molecule has 0 bridgehead atoms. The van der Waals surface area contributed by atoms with Crippen LogP contribution in [0.2, 0.25) is 5.02 Å². The molecular formula is C11H15ClN4. The van der Waals surface area contributed by atoms with Crippen molar-refractivity contribution in [3.8, 4) is 0 Å². The van der Waals surface area contributed by atoms with Crippen LogP contribution >= 0.6 is 11.6 Å². The van der Waals surface area contributed by atoms with Crippen LogP contribution in [0.1, 0.15) is 20.8 Å². The van der Waals surface area contributed by atoms with Crippen LogP contribution in [0.15, 0.2) is 18.3 Å². The van der Waals surface area contributed by atoms with E-state index in [9.17, 15) is 0 Å². The number of rotatable bonds is 3. The second-order valence-electron chi connectivity index (χ2n) is 4.26. The Labute approximate surface area is 99.6 Å². The SMILES string of the molecule is CC(C)C(C)Nc1nc2ccc(Cl)cn2n1. The minimum Gasteiger partial charge on any atom is -0.350 e. The summed E-state index contributed by atoms with van der Waals surface area (Å²) < 4.78 is 1.68. The van der Waals surface area contributed by atoms with E-state index in [1.54, 1.807) is 16.8 Å². The zero-order chi connectivity index (χ0) is 11.7. The molecule has 16 heavy (non-hydrogen) atoms. The first-order valence-electron chi connectivity index (χ1n) is 5.35. The van der Waals surface area contributed by atoms with E-state index in [1.165, 1.54) is 0 Å². The van der Waals surface area contributed by atoms with Gasteiger partial charge < -0.3 is 5.32 Å². The van der Waals surface area contributed by atoms with Crippen molar-refractivity contribution < 1.29 is 0 Å². The van der Waals surface area contributed by atoms with Crippen molar-refractivity contribution >= 4 is 23.2 Å². The molecule has 0 aliphatic heterocycles. The van der Waals surface area contributed by atoms with Gasteiger partial charge >= 0.3 is 0 Å². The number of halogens is 1. The zero-order valence-electron chi connectivity index (χ0n) is 9.61. The van der Waals surface area contributed by atoms with Crippen LogP contribution in [0, 0.1) is 5.92 Å². The molecule has 1 atom stereocenters. The van der Waals surface area contributed by atoms with Gasteiger partial charge in [0.25, 0.3) is 0 Å². The average Bonchev–Trinajstić information content (AvgIpc) is 2.58. The molecule has 1 N–H and O–H groups in total. The lowest BCUT2D eigenvalue weighted by atomic mass is 10.1. The molecule has 0 saturated carbocycles. The lowest BCUT2D eigenvalue weighted by molar-refractivity contribution is 0.556. The fraction of sp³-hybridized carbons (Fsp3) is 0.455. The maximum absolute atomic E-state index is 5.88. The average molecular weight is 239 g/mol. The van der Waals surface area contributed by atoms with E-state index in [2.05, 4.69) is 36.2 Å². The molecule has 0 saturated heterocycles. The van der Waals surface area contributed by atoms with Crippen LogP contribution < -0.4 is 5.32 Å². The summed E-state index contributed by atoms with van der Waals surface area (Å²) in [6, 6.07) is 4.00. The van der Waals surface area contributed by atoms with Gasteiger partial charge in [0.2, 0.25) is 5.95 Å². The number of aromatic nitrogens is 3. The normalized spacial score (nSPS) is 13.3. The van der Waals surface area contributed by atoms with Crippen molar-refractivity contribution in [2.75, 3.05) is 5.32 Å². The van der Waals surface area contributed by atoms with Gasteiger partial charge in [-0.1, -0.05) is 25.4 Å². The van der Waals surface area contributed by atoms with E-state index in [4.69, 9.17) is 11.6 Å². The van der Waals surface area contributed by atoms with E-state index in [-0.39, 0.29) is 0 Å². The molecule has 0 fully saturated rings. The molecule has 0 aliphatic rings. The van der Waals surface area contributed by atoms with Crippen molar-refractivity contribution in [1.82, 2.24) is 14.6 Å². The summed E-state index contributed by atoms with van der Waals surface area (Å²) in [7, 11) is 0. The molecule has 2 rings (SSSR count). The molecule has 2 aromatic heterocycles. The predicted molar refractivity (Wildman–Crippen MR) is 65.9 cm³/mol.